The summed E-state index contributed by atoms with van der Waals surface area (Å²) in [6.45, 7) is 8.86. The molecular weight excluding hydrogens is 270 g/mol. The number of piperazine rings is 1. The molecule has 0 atom stereocenters. The Morgan fingerprint density at radius 1 is 1.20 bits per heavy atom. The van der Waals surface area contributed by atoms with E-state index in [1.54, 1.807) is 17.7 Å². The Balaban J connectivity index is 1.55. The van der Waals surface area contributed by atoms with E-state index in [-0.39, 0.29) is 0 Å². The number of aryl methyl sites for hydroxylation is 1. The van der Waals surface area contributed by atoms with Crippen molar-refractivity contribution in [3.63, 3.8) is 0 Å². The van der Waals surface area contributed by atoms with Gasteiger partial charge in [0.2, 0.25) is 0 Å². The number of aromatic nitrogens is 2. The fraction of sp³-hybridized carbons (Fsp3) is 0.571. The molecule has 2 saturated heterocycles. The number of anilines is 1. The van der Waals surface area contributed by atoms with E-state index in [1.807, 2.05) is 0 Å². The number of fused-ring (bicyclic) bond motifs is 1. The summed E-state index contributed by atoms with van der Waals surface area (Å²) in [7, 11) is 0. The van der Waals surface area contributed by atoms with Crippen molar-refractivity contribution in [1.29, 1.82) is 0 Å². The Hall–Kier alpha value is -1.24. The maximum absolute atomic E-state index is 4.54. The van der Waals surface area contributed by atoms with E-state index in [9.17, 15) is 0 Å². The third-order valence-corrected chi connectivity index (χ3v) is 5.28. The van der Waals surface area contributed by atoms with Gasteiger partial charge in [-0.1, -0.05) is 0 Å². The van der Waals surface area contributed by atoms with E-state index in [0.717, 1.165) is 56.0 Å². The van der Waals surface area contributed by atoms with E-state index in [2.05, 4.69) is 38.1 Å². The van der Waals surface area contributed by atoms with Gasteiger partial charge in [0.1, 0.15) is 17.0 Å². The fourth-order valence-electron chi connectivity index (χ4n) is 3.05. The first-order valence-corrected chi connectivity index (χ1v) is 8.04. The highest BCUT2D eigenvalue weighted by Gasteiger charge is 2.28. The van der Waals surface area contributed by atoms with Crippen molar-refractivity contribution in [2.24, 2.45) is 0 Å². The van der Waals surface area contributed by atoms with Crippen LogP contribution < -0.4 is 10.2 Å². The average molecular weight is 289 g/mol. The van der Waals surface area contributed by atoms with Crippen LogP contribution >= 0.6 is 11.3 Å². The summed E-state index contributed by atoms with van der Waals surface area (Å²) in [6, 6.07) is 2.98. The predicted octanol–water partition coefficient (Wildman–Crippen LogP) is 1.09. The van der Waals surface area contributed by atoms with Crippen LogP contribution in [0.4, 0.5) is 5.82 Å². The van der Waals surface area contributed by atoms with Gasteiger partial charge >= 0.3 is 0 Å². The number of nitrogens with zero attached hydrogens (tertiary/aromatic N) is 4. The molecule has 0 aliphatic carbocycles. The van der Waals surface area contributed by atoms with Crippen LogP contribution in [0.5, 0.6) is 0 Å². The minimum atomic E-state index is 0.756. The van der Waals surface area contributed by atoms with Crippen LogP contribution in [-0.2, 0) is 0 Å². The lowest BCUT2D eigenvalue weighted by atomic mass is 10.1. The number of hydrogen-bond acceptors (Lipinski definition) is 6. The molecule has 0 radical (unpaired) electrons. The Morgan fingerprint density at radius 2 is 2.00 bits per heavy atom. The van der Waals surface area contributed by atoms with Gasteiger partial charge in [0.05, 0.1) is 5.39 Å². The minimum absolute atomic E-state index is 0.756. The van der Waals surface area contributed by atoms with Crippen LogP contribution in [0.3, 0.4) is 0 Å². The van der Waals surface area contributed by atoms with Crippen molar-refractivity contribution in [3.8, 4) is 0 Å². The Bertz CT molecular complexity index is 613. The summed E-state index contributed by atoms with van der Waals surface area (Å²) in [5.41, 5.74) is 0. The lowest BCUT2D eigenvalue weighted by Crippen LogP contribution is -2.61. The average Bonchev–Trinajstić information content (AvgIpc) is 2.77. The number of rotatable bonds is 2. The summed E-state index contributed by atoms with van der Waals surface area (Å²) in [4.78, 5) is 16.4. The molecule has 2 aromatic rings. The third kappa shape index (κ3) is 2.08. The van der Waals surface area contributed by atoms with Crippen LogP contribution in [0.15, 0.2) is 12.4 Å². The van der Waals surface area contributed by atoms with E-state index in [0.29, 0.717) is 0 Å². The maximum atomic E-state index is 4.54. The van der Waals surface area contributed by atoms with Crippen molar-refractivity contribution in [1.82, 2.24) is 20.2 Å². The number of thiophene rings is 1. The lowest BCUT2D eigenvalue weighted by molar-refractivity contribution is 0.138. The molecule has 0 bridgehead atoms. The summed E-state index contributed by atoms with van der Waals surface area (Å²) in [6.07, 6.45) is 1.70. The molecule has 2 aromatic heterocycles. The van der Waals surface area contributed by atoms with Gasteiger partial charge in [0.15, 0.2) is 0 Å². The number of nitrogens with one attached hydrogen (secondary N) is 1. The molecule has 0 aromatic carbocycles. The maximum Gasteiger partial charge on any atom is 0.140 e. The first-order valence-electron chi connectivity index (χ1n) is 7.22. The highest BCUT2D eigenvalue weighted by Crippen LogP contribution is 2.30. The highest BCUT2D eigenvalue weighted by molar-refractivity contribution is 7.18. The van der Waals surface area contributed by atoms with Gasteiger partial charge in [0.25, 0.3) is 0 Å². The summed E-state index contributed by atoms with van der Waals surface area (Å²) in [5.74, 6) is 1.12. The molecule has 0 spiro atoms. The van der Waals surface area contributed by atoms with Gasteiger partial charge in [0, 0.05) is 50.2 Å². The predicted molar refractivity (Wildman–Crippen MR) is 82.6 cm³/mol. The quantitative estimate of drug-likeness (QED) is 0.897. The van der Waals surface area contributed by atoms with Crippen LogP contribution in [0, 0.1) is 6.92 Å². The van der Waals surface area contributed by atoms with E-state index < -0.39 is 0 Å². The Labute approximate surface area is 122 Å². The molecule has 4 heterocycles. The summed E-state index contributed by atoms with van der Waals surface area (Å²) >= 11 is 1.75. The topological polar surface area (TPSA) is 44.3 Å². The second-order valence-electron chi connectivity index (χ2n) is 5.61. The van der Waals surface area contributed by atoms with Gasteiger partial charge in [-0.3, -0.25) is 4.90 Å². The summed E-state index contributed by atoms with van der Waals surface area (Å²) in [5, 5.41) is 4.57. The molecule has 0 saturated carbocycles. The van der Waals surface area contributed by atoms with E-state index in [4.69, 9.17) is 0 Å². The smallest absolute Gasteiger partial charge is 0.140 e. The summed E-state index contributed by atoms with van der Waals surface area (Å²) < 4.78 is 0. The lowest BCUT2D eigenvalue weighted by Gasteiger charge is -2.43. The Morgan fingerprint density at radius 3 is 2.70 bits per heavy atom. The van der Waals surface area contributed by atoms with E-state index >= 15 is 0 Å². The first kappa shape index (κ1) is 12.5. The zero-order valence-corrected chi connectivity index (χ0v) is 12.5. The second-order valence-corrected chi connectivity index (χ2v) is 6.84. The van der Waals surface area contributed by atoms with Crippen LogP contribution in [0.25, 0.3) is 10.2 Å². The Kier molecular flexibility index (Phi) is 3.09. The zero-order valence-electron chi connectivity index (χ0n) is 11.7. The molecule has 106 valence electrons. The molecule has 2 aliphatic rings. The first-order chi connectivity index (χ1) is 9.81. The molecule has 1 N–H and O–H groups in total. The largest absolute Gasteiger partial charge is 0.353 e. The highest BCUT2D eigenvalue weighted by atomic mass is 32.1. The SMILES string of the molecule is Cc1cc2c(N3CCN(C4CNC4)CC3)ncnc2s1. The fourth-order valence-corrected chi connectivity index (χ4v) is 3.89. The van der Waals surface area contributed by atoms with Crippen LogP contribution in [-0.4, -0.2) is 60.2 Å². The zero-order chi connectivity index (χ0) is 13.5. The van der Waals surface area contributed by atoms with Crippen LogP contribution in [0.2, 0.25) is 0 Å². The van der Waals surface area contributed by atoms with Crippen LogP contribution in [0.1, 0.15) is 4.88 Å². The minimum Gasteiger partial charge on any atom is -0.353 e. The van der Waals surface area contributed by atoms with Crippen molar-refractivity contribution in [2.75, 3.05) is 44.2 Å². The molecular formula is C14H19N5S. The number of hydrogen-bond donors (Lipinski definition) is 1. The van der Waals surface area contributed by atoms with E-state index in [1.165, 1.54) is 10.3 Å². The van der Waals surface area contributed by atoms with Gasteiger partial charge in [-0.15, -0.1) is 11.3 Å². The third-order valence-electron chi connectivity index (χ3n) is 4.32. The molecule has 2 fully saturated rings. The molecule has 0 unspecified atom stereocenters. The molecule has 5 nitrogen and oxygen atoms in total. The second kappa shape index (κ2) is 4.95. The molecule has 4 rings (SSSR count). The molecule has 0 amide bonds. The van der Waals surface area contributed by atoms with Crippen molar-refractivity contribution < 1.29 is 0 Å². The van der Waals surface area contributed by atoms with Gasteiger partial charge in [-0.25, -0.2) is 9.97 Å². The van der Waals surface area contributed by atoms with Crippen molar-refractivity contribution >= 4 is 27.4 Å². The van der Waals surface area contributed by atoms with Gasteiger partial charge in [-0.2, -0.15) is 0 Å². The molecule has 6 heteroatoms. The molecule has 20 heavy (non-hydrogen) atoms. The van der Waals surface area contributed by atoms with Crippen molar-refractivity contribution in [3.05, 3.63) is 17.3 Å². The van der Waals surface area contributed by atoms with Gasteiger partial charge < -0.3 is 10.2 Å². The molecule has 2 aliphatic heterocycles. The van der Waals surface area contributed by atoms with Gasteiger partial charge in [-0.05, 0) is 13.0 Å². The standard InChI is InChI=1S/C14H19N5S/c1-10-6-12-13(16-9-17-14(12)20-10)19-4-2-18(3-5-19)11-7-15-8-11/h6,9,11,15H,2-5,7-8H2,1H3. The normalized spacial score (nSPS) is 21.4. The monoisotopic (exact) mass is 289 g/mol. The van der Waals surface area contributed by atoms with Crippen molar-refractivity contribution in [2.45, 2.75) is 13.0 Å².